The van der Waals surface area contributed by atoms with Crippen LogP contribution >= 0.6 is 0 Å². The van der Waals surface area contributed by atoms with E-state index in [9.17, 15) is 18.8 Å². The van der Waals surface area contributed by atoms with Crippen LogP contribution in [-0.2, 0) is 14.4 Å². The molecule has 1 aromatic rings. The molecule has 1 N–H and O–H groups in total. The summed E-state index contributed by atoms with van der Waals surface area (Å²) >= 11 is 0. The first-order chi connectivity index (χ1) is 12.3. The molecule has 1 aliphatic rings. The molecule has 0 unspecified atom stereocenters. The topological polar surface area (TPSA) is 77.9 Å². The Morgan fingerprint density at radius 3 is 2.65 bits per heavy atom. The molecule has 7 heteroatoms. The van der Waals surface area contributed by atoms with E-state index in [4.69, 9.17) is 5.11 Å². The number of carboxylic acids is 1. The summed E-state index contributed by atoms with van der Waals surface area (Å²) in [6.45, 7) is 3.79. The van der Waals surface area contributed by atoms with Gasteiger partial charge in [0.1, 0.15) is 12.4 Å². The van der Waals surface area contributed by atoms with Crippen molar-refractivity contribution in [2.24, 2.45) is 0 Å². The summed E-state index contributed by atoms with van der Waals surface area (Å²) in [5.41, 5.74) is 0.632. The van der Waals surface area contributed by atoms with Crippen LogP contribution in [0.15, 0.2) is 24.3 Å². The van der Waals surface area contributed by atoms with Gasteiger partial charge in [-0.2, -0.15) is 0 Å². The molecule has 1 aliphatic heterocycles. The maximum atomic E-state index is 13.4. The van der Waals surface area contributed by atoms with Crippen LogP contribution in [0, 0.1) is 5.82 Å². The minimum atomic E-state index is -1.04. The van der Waals surface area contributed by atoms with E-state index in [1.165, 1.54) is 24.0 Å². The zero-order chi connectivity index (χ0) is 19.3. The number of aliphatic carboxylic acids is 1. The average molecular weight is 364 g/mol. The lowest BCUT2D eigenvalue weighted by molar-refractivity contribution is -0.145. The van der Waals surface area contributed by atoms with Crippen LogP contribution < -0.4 is 0 Å². The van der Waals surface area contributed by atoms with Crippen LogP contribution in [0.5, 0.6) is 0 Å². The van der Waals surface area contributed by atoms with Crippen LogP contribution in [0.3, 0.4) is 0 Å². The van der Waals surface area contributed by atoms with Gasteiger partial charge in [-0.3, -0.25) is 14.4 Å². The van der Waals surface area contributed by atoms with Crippen LogP contribution in [0.25, 0.3) is 0 Å². The number of rotatable bonds is 5. The predicted octanol–water partition coefficient (Wildman–Crippen LogP) is 2.24. The lowest BCUT2D eigenvalue weighted by Crippen LogP contribution is -2.43. The third-order valence-electron chi connectivity index (χ3n) is 4.88. The highest BCUT2D eigenvalue weighted by Gasteiger charge is 2.29. The first-order valence-corrected chi connectivity index (χ1v) is 8.83. The average Bonchev–Trinajstić information content (AvgIpc) is 2.84. The number of halogens is 1. The van der Waals surface area contributed by atoms with E-state index < -0.39 is 11.9 Å². The summed E-state index contributed by atoms with van der Waals surface area (Å²) < 4.78 is 13.4. The van der Waals surface area contributed by atoms with Crippen molar-refractivity contribution in [3.8, 4) is 0 Å². The Kier molecular flexibility index (Phi) is 6.71. The van der Waals surface area contributed by atoms with Crippen molar-refractivity contribution in [1.82, 2.24) is 9.80 Å². The molecule has 2 rings (SSSR count). The molecule has 142 valence electrons. The lowest BCUT2D eigenvalue weighted by Gasteiger charge is -2.29. The summed E-state index contributed by atoms with van der Waals surface area (Å²) in [6.07, 6.45) is 1.88. The molecule has 0 bridgehead atoms. The summed E-state index contributed by atoms with van der Waals surface area (Å²) in [4.78, 5) is 38.7. The van der Waals surface area contributed by atoms with E-state index in [2.05, 4.69) is 0 Å². The number of likely N-dealkylation sites (tertiary alicyclic amines) is 1. The predicted molar refractivity (Wildman–Crippen MR) is 94.1 cm³/mol. The molecule has 26 heavy (non-hydrogen) atoms. The fraction of sp³-hybridized carbons (Fsp3) is 0.526. The first kappa shape index (κ1) is 19.9. The largest absolute Gasteiger partial charge is 0.480 e. The SMILES string of the molecule is CC(=O)N(CC(=O)O)[C@@H]1CCCN(C(=O)[C@@H](C)c2cccc(F)c2)CC1. The molecule has 1 heterocycles. The molecule has 0 radical (unpaired) electrons. The molecule has 1 fully saturated rings. The molecule has 0 saturated carbocycles. The highest BCUT2D eigenvalue weighted by Crippen LogP contribution is 2.23. The van der Waals surface area contributed by atoms with E-state index >= 15 is 0 Å². The normalized spacial score (nSPS) is 18.7. The summed E-state index contributed by atoms with van der Waals surface area (Å²) in [6, 6.07) is 5.84. The number of nitrogens with zero attached hydrogens (tertiary/aromatic N) is 2. The molecular weight excluding hydrogens is 339 g/mol. The summed E-state index contributed by atoms with van der Waals surface area (Å²) in [7, 11) is 0. The molecule has 0 spiro atoms. The molecular formula is C19H25FN2O4. The van der Waals surface area contributed by atoms with E-state index in [0.717, 1.165) is 0 Å². The Morgan fingerprint density at radius 1 is 1.31 bits per heavy atom. The zero-order valence-corrected chi connectivity index (χ0v) is 15.2. The van der Waals surface area contributed by atoms with Crippen LogP contribution in [0.1, 0.15) is 44.6 Å². The van der Waals surface area contributed by atoms with E-state index in [-0.39, 0.29) is 30.2 Å². The van der Waals surface area contributed by atoms with Gasteiger partial charge in [-0.05, 0) is 43.9 Å². The zero-order valence-electron chi connectivity index (χ0n) is 15.2. The quantitative estimate of drug-likeness (QED) is 0.869. The Bertz CT molecular complexity index is 679. The van der Waals surface area contributed by atoms with Gasteiger partial charge in [0, 0.05) is 26.1 Å². The summed E-state index contributed by atoms with van der Waals surface area (Å²) in [5, 5.41) is 9.01. The smallest absolute Gasteiger partial charge is 0.323 e. The van der Waals surface area contributed by atoms with Gasteiger partial charge in [0.15, 0.2) is 0 Å². The van der Waals surface area contributed by atoms with Gasteiger partial charge >= 0.3 is 5.97 Å². The molecule has 6 nitrogen and oxygen atoms in total. The standard InChI is InChI=1S/C19H25FN2O4/c1-13(15-5-3-6-16(20)11-15)19(26)21-9-4-7-17(8-10-21)22(14(2)23)12-18(24)25/h3,5-6,11,13,17H,4,7-10,12H2,1-2H3,(H,24,25)/t13-,17+/m0/s1. The summed E-state index contributed by atoms with van der Waals surface area (Å²) in [5.74, 6) is -2.22. The number of carbonyl (C=O) groups excluding carboxylic acids is 2. The molecule has 1 aromatic carbocycles. The van der Waals surface area contributed by atoms with Gasteiger partial charge < -0.3 is 14.9 Å². The lowest BCUT2D eigenvalue weighted by atomic mass is 9.99. The molecule has 1 saturated heterocycles. The number of benzene rings is 1. The Labute approximate surface area is 152 Å². The minimum Gasteiger partial charge on any atom is -0.480 e. The Hall–Kier alpha value is -2.44. The second kappa shape index (κ2) is 8.78. The highest BCUT2D eigenvalue weighted by molar-refractivity contribution is 5.83. The maximum absolute atomic E-state index is 13.4. The van der Waals surface area contributed by atoms with Crippen molar-refractivity contribution >= 4 is 17.8 Å². The van der Waals surface area contributed by atoms with Gasteiger partial charge in [0.2, 0.25) is 11.8 Å². The third-order valence-corrected chi connectivity index (χ3v) is 4.88. The van der Waals surface area contributed by atoms with Crippen molar-refractivity contribution in [3.63, 3.8) is 0 Å². The van der Waals surface area contributed by atoms with Crippen molar-refractivity contribution < 1.29 is 23.9 Å². The number of hydrogen-bond acceptors (Lipinski definition) is 3. The molecule has 2 amide bonds. The van der Waals surface area contributed by atoms with Gasteiger partial charge in [0.25, 0.3) is 0 Å². The van der Waals surface area contributed by atoms with Gasteiger partial charge in [0.05, 0.1) is 5.92 Å². The molecule has 2 atom stereocenters. The number of carboxylic acid groups (broad SMARTS) is 1. The number of amides is 2. The van der Waals surface area contributed by atoms with Gasteiger partial charge in [-0.25, -0.2) is 4.39 Å². The minimum absolute atomic E-state index is 0.0798. The van der Waals surface area contributed by atoms with E-state index in [0.29, 0.717) is 37.9 Å². The number of carbonyl (C=O) groups is 3. The van der Waals surface area contributed by atoms with Gasteiger partial charge in [-0.15, -0.1) is 0 Å². The monoisotopic (exact) mass is 364 g/mol. The fourth-order valence-electron chi connectivity index (χ4n) is 3.45. The van der Waals surface area contributed by atoms with Crippen LogP contribution in [-0.4, -0.2) is 58.4 Å². The van der Waals surface area contributed by atoms with Crippen molar-refractivity contribution in [3.05, 3.63) is 35.6 Å². The van der Waals surface area contributed by atoms with Crippen LogP contribution in [0.2, 0.25) is 0 Å². The van der Waals surface area contributed by atoms with Crippen molar-refractivity contribution in [1.29, 1.82) is 0 Å². The van der Waals surface area contributed by atoms with Crippen molar-refractivity contribution in [2.45, 2.75) is 45.1 Å². The first-order valence-electron chi connectivity index (χ1n) is 8.83. The second-order valence-corrected chi connectivity index (χ2v) is 6.73. The second-order valence-electron chi connectivity index (χ2n) is 6.73. The molecule has 0 aliphatic carbocycles. The fourth-order valence-corrected chi connectivity index (χ4v) is 3.45. The Balaban J connectivity index is 2.04. The van der Waals surface area contributed by atoms with E-state index in [1.807, 2.05) is 0 Å². The maximum Gasteiger partial charge on any atom is 0.323 e. The van der Waals surface area contributed by atoms with Crippen LogP contribution in [0.4, 0.5) is 4.39 Å². The number of hydrogen-bond donors (Lipinski definition) is 1. The van der Waals surface area contributed by atoms with E-state index in [1.54, 1.807) is 24.0 Å². The third kappa shape index (κ3) is 5.03. The Morgan fingerprint density at radius 2 is 2.04 bits per heavy atom. The molecule has 0 aromatic heterocycles. The highest BCUT2D eigenvalue weighted by atomic mass is 19.1. The van der Waals surface area contributed by atoms with Gasteiger partial charge in [-0.1, -0.05) is 12.1 Å². The van der Waals surface area contributed by atoms with Crippen molar-refractivity contribution in [2.75, 3.05) is 19.6 Å².